The van der Waals surface area contributed by atoms with Gasteiger partial charge in [0.15, 0.2) is 5.13 Å². The third-order valence-electron chi connectivity index (χ3n) is 3.56. The van der Waals surface area contributed by atoms with Crippen LogP contribution in [0, 0.1) is 0 Å². The molecular weight excluding hydrogens is 419 g/mol. The number of carbonyl (C=O) groups excluding carboxylic acids is 1. The maximum absolute atomic E-state index is 11.8. The Morgan fingerprint density at radius 3 is 2.86 bits per heavy atom. The summed E-state index contributed by atoms with van der Waals surface area (Å²) < 4.78 is 5.77. The number of anilines is 1. The zero-order valence-corrected chi connectivity index (χ0v) is 16.9. The van der Waals surface area contributed by atoms with Crippen molar-refractivity contribution in [3.05, 3.63) is 74.7 Å². The van der Waals surface area contributed by atoms with Gasteiger partial charge in [0.25, 0.3) is 0 Å². The number of nitrogen functional groups attached to an aromatic ring is 1. The number of aromatic nitrogens is 1. The first-order valence-corrected chi connectivity index (χ1v) is 9.82. The van der Waals surface area contributed by atoms with Crippen LogP contribution in [0.3, 0.4) is 0 Å². The van der Waals surface area contributed by atoms with Crippen molar-refractivity contribution in [3.63, 3.8) is 0 Å². The van der Waals surface area contributed by atoms with Crippen molar-refractivity contribution in [1.82, 2.24) is 10.4 Å². The lowest BCUT2D eigenvalue weighted by atomic mass is 10.2. The molecule has 1 heterocycles. The van der Waals surface area contributed by atoms with Gasteiger partial charge in [0.05, 0.1) is 28.4 Å². The van der Waals surface area contributed by atoms with E-state index in [1.54, 1.807) is 23.7 Å². The molecule has 0 atom stereocenters. The fourth-order valence-electron chi connectivity index (χ4n) is 2.27. The van der Waals surface area contributed by atoms with Crippen LogP contribution in [-0.2, 0) is 17.8 Å². The molecule has 144 valence electrons. The van der Waals surface area contributed by atoms with E-state index in [9.17, 15) is 4.79 Å². The van der Waals surface area contributed by atoms with E-state index >= 15 is 0 Å². The highest BCUT2D eigenvalue weighted by Gasteiger charge is 2.05. The largest absolute Gasteiger partial charge is 0.489 e. The van der Waals surface area contributed by atoms with Gasteiger partial charge in [0.1, 0.15) is 12.4 Å². The molecule has 1 aromatic heterocycles. The summed E-state index contributed by atoms with van der Waals surface area (Å²) in [6.07, 6.45) is 1.66. The van der Waals surface area contributed by atoms with Gasteiger partial charge in [-0.25, -0.2) is 10.4 Å². The first-order chi connectivity index (χ1) is 13.5. The van der Waals surface area contributed by atoms with E-state index in [2.05, 4.69) is 15.5 Å². The van der Waals surface area contributed by atoms with Crippen molar-refractivity contribution in [2.45, 2.75) is 13.0 Å². The van der Waals surface area contributed by atoms with Crippen molar-refractivity contribution < 1.29 is 9.53 Å². The first-order valence-electron chi connectivity index (χ1n) is 8.18. The summed E-state index contributed by atoms with van der Waals surface area (Å²) in [6.45, 7) is 0.352. The average Bonchev–Trinajstić information content (AvgIpc) is 3.07. The zero-order valence-electron chi connectivity index (χ0n) is 14.6. The smallest absolute Gasteiger partial charge is 0.246 e. The fourth-order valence-corrected chi connectivity index (χ4v) is 3.15. The first kappa shape index (κ1) is 20.1. The number of nitrogens with zero attached hydrogens (tertiary/aromatic N) is 2. The molecule has 0 aliphatic rings. The summed E-state index contributed by atoms with van der Waals surface area (Å²) in [5.41, 5.74) is 10.3. The van der Waals surface area contributed by atoms with Gasteiger partial charge >= 0.3 is 0 Å². The number of nitrogens with two attached hydrogens (primary N) is 1. The van der Waals surface area contributed by atoms with Crippen LogP contribution in [0.25, 0.3) is 0 Å². The topological polar surface area (TPSA) is 89.6 Å². The summed E-state index contributed by atoms with van der Waals surface area (Å²) in [7, 11) is 0. The quantitative estimate of drug-likeness (QED) is 0.428. The molecule has 3 aromatic rings. The number of halogens is 2. The molecule has 2 aromatic carbocycles. The number of hydrogen-bond donors (Lipinski definition) is 2. The second-order valence-corrected chi connectivity index (χ2v) is 7.46. The monoisotopic (exact) mass is 434 g/mol. The van der Waals surface area contributed by atoms with Crippen LogP contribution in [0.4, 0.5) is 5.13 Å². The number of amides is 1. The molecular formula is C19H16Cl2N4O2S. The summed E-state index contributed by atoms with van der Waals surface area (Å²) >= 11 is 13.2. The van der Waals surface area contributed by atoms with Crippen molar-refractivity contribution in [1.29, 1.82) is 0 Å². The minimum atomic E-state index is -0.270. The van der Waals surface area contributed by atoms with Crippen LogP contribution in [0.15, 0.2) is 52.9 Å². The molecule has 0 fully saturated rings. The SMILES string of the molecule is Nc1nc(CC(=O)N/N=C/c2cccc(OCc3ccc(Cl)c(Cl)c3)c2)cs1. The minimum absolute atomic E-state index is 0.123. The van der Waals surface area contributed by atoms with Crippen LogP contribution < -0.4 is 15.9 Å². The number of benzene rings is 2. The molecule has 0 spiro atoms. The predicted octanol–water partition coefficient (Wildman–Crippen LogP) is 4.30. The van der Waals surface area contributed by atoms with Crippen LogP contribution >= 0.6 is 34.5 Å². The van der Waals surface area contributed by atoms with Gasteiger partial charge in [-0.1, -0.05) is 41.4 Å². The van der Waals surface area contributed by atoms with Crippen molar-refractivity contribution in [3.8, 4) is 5.75 Å². The van der Waals surface area contributed by atoms with Crippen molar-refractivity contribution in [2.75, 3.05) is 5.73 Å². The lowest BCUT2D eigenvalue weighted by Crippen LogP contribution is -2.19. The summed E-state index contributed by atoms with van der Waals surface area (Å²) in [4.78, 5) is 15.9. The van der Waals surface area contributed by atoms with Crippen molar-refractivity contribution in [2.24, 2.45) is 5.10 Å². The van der Waals surface area contributed by atoms with Crippen molar-refractivity contribution >= 4 is 51.8 Å². The normalized spacial score (nSPS) is 10.9. The van der Waals surface area contributed by atoms with Crippen LogP contribution in [0.1, 0.15) is 16.8 Å². The maximum Gasteiger partial charge on any atom is 0.246 e. The zero-order chi connectivity index (χ0) is 19.9. The van der Waals surface area contributed by atoms with E-state index in [1.165, 1.54) is 11.3 Å². The number of hydrazone groups is 1. The molecule has 1 amide bonds. The molecule has 0 aliphatic heterocycles. The summed E-state index contributed by atoms with van der Waals surface area (Å²) in [5.74, 6) is 0.396. The maximum atomic E-state index is 11.8. The number of rotatable bonds is 7. The minimum Gasteiger partial charge on any atom is -0.489 e. The molecule has 0 saturated heterocycles. The Kier molecular flexibility index (Phi) is 6.86. The predicted molar refractivity (Wildman–Crippen MR) is 113 cm³/mol. The third-order valence-corrected chi connectivity index (χ3v) is 5.02. The molecule has 0 bridgehead atoms. The molecule has 9 heteroatoms. The highest BCUT2D eigenvalue weighted by Crippen LogP contribution is 2.23. The molecule has 3 rings (SSSR count). The number of nitrogens with one attached hydrogen (secondary N) is 1. The van der Waals surface area contributed by atoms with E-state index in [-0.39, 0.29) is 12.3 Å². The summed E-state index contributed by atoms with van der Waals surface area (Å²) in [6, 6.07) is 12.7. The van der Waals surface area contributed by atoms with Gasteiger partial charge in [-0.2, -0.15) is 5.10 Å². The summed E-state index contributed by atoms with van der Waals surface area (Å²) in [5, 5.41) is 7.12. The highest BCUT2D eigenvalue weighted by molar-refractivity contribution is 7.13. The number of thiazole rings is 1. The molecule has 28 heavy (non-hydrogen) atoms. The average molecular weight is 435 g/mol. The van der Waals surface area contributed by atoms with Gasteiger partial charge < -0.3 is 10.5 Å². The fraction of sp³-hybridized carbons (Fsp3) is 0.105. The third kappa shape index (κ3) is 5.95. The molecule has 0 radical (unpaired) electrons. The van der Waals surface area contributed by atoms with Gasteiger partial charge in [-0.05, 0) is 35.4 Å². The lowest BCUT2D eigenvalue weighted by Gasteiger charge is -2.08. The van der Waals surface area contributed by atoms with Gasteiger partial charge in [-0.15, -0.1) is 11.3 Å². The second kappa shape index (κ2) is 9.54. The standard InChI is InChI=1S/C19H16Cl2N4O2S/c20-16-5-4-13(7-17(16)21)10-27-15-3-1-2-12(6-15)9-23-25-18(26)8-14-11-28-19(22)24-14/h1-7,9,11H,8,10H2,(H2,22,24)(H,25,26)/b23-9+. The van der Waals surface area contributed by atoms with Gasteiger partial charge in [0.2, 0.25) is 5.91 Å². The van der Waals surface area contributed by atoms with Gasteiger partial charge in [0, 0.05) is 5.38 Å². The number of ether oxygens (including phenoxy) is 1. The molecule has 6 nitrogen and oxygen atoms in total. The molecule has 0 aliphatic carbocycles. The van der Waals surface area contributed by atoms with Crippen LogP contribution in [-0.4, -0.2) is 17.1 Å². The van der Waals surface area contributed by atoms with E-state index < -0.39 is 0 Å². The molecule has 0 unspecified atom stereocenters. The Morgan fingerprint density at radius 1 is 1.25 bits per heavy atom. The van der Waals surface area contributed by atoms with Crippen LogP contribution in [0.5, 0.6) is 5.75 Å². The Bertz CT molecular complexity index is 1010. The van der Waals surface area contributed by atoms with E-state index in [1.807, 2.05) is 30.3 Å². The van der Waals surface area contributed by atoms with E-state index in [0.29, 0.717) is 33.2 Å². The number of carbonyl (C=O) groups is 1. The Morgan fingerprint density at radius 2 is 2.11 bits per heavy atom. The Balaban J connectivity index is 1.52. The molecule has 3 N–H and O–H groups in total. The molecule has 0 saturated carbocycles. The Labute approximate surface area is 176 Å². The highest BCUT2D eigenvalue weighted by atomic mass is 35.5. The number of hydrogen-bond acceptors (Lipinski definition) is 6. The second-order valence-electron chi connectivity index (χ2n) is 5.76. The van der Waals surface area contributed by atoms with E-state index in [0.717, 1.165) is 11.1 Å². The lowest BCUT2D eigenvalue weighted by molar-refractivity contribution is -0.120. The Hall–Kier alpha value is -2.61. The van der Waals surface area contributed by atoms with E-state index in [4.69, 9.17) is 33.7 Å². The van der Waals surface area contributed by atoms with Crippen LogP contribution in [0.2, 0.25) is 10.0 Å². The van der Waals surface area contributed by atoms with Gasteiger partial charge in [-0.3, -0.25) is 4.79 Å².